The second-order valence-corrected chi connectivity index (χ2v) is 2.83. The molecule has 10 heavy (non-hydrogen) atoms. The van der Waals surface area contributed by atoms with Gasteiger partial charge in [-0.05, 0) is 6.42 Å². The van der Waals surface area contributed by atoms with Crippen molar-refractivity contribution >= 4 is 11.9 Å². The van der Waals surface area contributed by atoms with Crippen LogP contribution in [-0.4, -0.2) is 23.0 Å². The highest BCUT2D eigenvalue weighted by atomic mass is 16.4. The smallest absolute Gasteiger partial charge is 0.326 e. The molecule has 0 aromatic heterocycles. The Labute approximate surface area is 57.2 Å². The van der Waals surface area contributed by atoms with Crippen LogP contribution >= 0.6 is 0 Å². The van der Waals surface area contributed by atoms with Gasteiger partial charge in [-0.15, -0.1) is 0 Å². The van der Waals surface area contributed by atoms with E-state index in [1.807, 2.05) is 0 Å². The summed E-state index contributed by atoms with van der Waals surface area (Å²) in [6.07, 6.45) is 0.767. The molecule has 1 saturated heterocycles. The van der Waals surface area contributed by atoms with Gasteiger partial charge >= 0.3 is 5.97 Å². The number of hydrogen-bond donors (Lipinski definition) is 2. The van der Waals surface area contributed by atoms with Gasteiger partial charge in [0.1, 0.15) is 6.04 Å². The summed E-state index contributed by atoms with van der Waals surface area (Å²) in [5.41, 5.74) is 0. The molecule has 0 unspecified atom stereocenters. The van der Waals surface area contributed by atoms with Crippen molar-refractivity contribution < 1.29 is 14.7 Å². The van der Waals surface area contributed by atoms with Gasteiger partial charge in [-0.25, -0.2) is 4.79 Å². The van der Waals surface area contributed by atoms with E-state index in [0.29, 0.717) is 0 Å². The molecule has 1 saturated carbocycles. The lowest BCUT2D eigenvalue weighted by Gasteiger charge is -2.05. The number of amides is 1. The SMILES string of the molecule is O=C1N[C@@H](C(=O)O)[C@@H]2C[C@H]12. The van der Waals surface area contributed by atoms with Crippen molar-refractivity contribution in [3.63, 3.8) is 0 Å². The zero-order valence-electron chi connectivity index (χ0n) is 5.20. The Morgan fingerprint density at radius 3 is 2.60 bits per heavy atom. The lowest BCUT2D eigenvalue weighted by atomic mass is 10.2. The fraction of sp³-hybridized carbons (Fsp3) is 0.667. The summed E-state index contributed by atoms with van der Waals surface area (Å²) >= 11 is 0. The third-order valence-corrected chi connectivity index (χ3v) is 2.17. The number of fused-ring (bicyclic) bond motifs is 1. The van der Waals surface area contributed by atoms with E-state index < -0.39 is 12.0 Å². The molecule has 54 valence electrons. The Bertz CT molecular complexity index is 213. The topological polar surface area (TPSA) is 66.4 Å². The first-order valence-corrected chi connectivity index (χ1v) is 3.23. The van der Waals surface area contributed by atoms with Crippen molar-refractivity contribution in [1.82, 2.24) is 5.32 Å². The van der Waals surface area contributed by atoms with Crippen LogP contribution in [0.25, 0.3) is 0 Å². The predicted molar refractivity (Wildman–Crippen MR) is 31.2 cm³/mol. The van der Waals surface area contributed by atoms with Crippen LogP contribution < -0.4 is 5.32 Å². The van der Waals surface area contributed by atoms with Gasteiger partial charge in [-0.2, -0.15) is 0 Å². The Morgan fingerprint density at radius 1 is 1.70 bits per heavy atom. The van der Waals surface area contributed by atoms with E-state index in [9.17, 15) is 9.59 Å². The van der Waals surface area contributed by atoms with Crippen molar-refractivity contribution in [2.24, 2.45) is 11.8 Å². The van der Waals surface area contributed by atoms with Crippen LogP contribution in [-0.2, 0) is 9.59 Å². The minimum Gasteiger partial charge on any atom is -0.480 e. The number of hydrogen-bond acceptors (Lipinski definition) is 2. The fourth-order valence-corrected chi connectivity index (χ4v) is 1.50. The van der Waals surface area contributed by atoms with Crippen LogP contribution in [0.15, 0.2) is 0 Å². The highest BCUT2D eigenvalue weighted by molar-refractivity contribution is 5.92. The van der Waals surface area contributed by atoms with Crippen LogP contribution in [0.5, 0.6) is 0 Å². The Kier molecular flexibility index (Phi) is 0.859. The number of nitrogens with one attached hydrogen (secondary N) is 1. The van der Waals surface area contributed by atoms with Gasteiger partial charge in [-0.3, -0.25) is 4.79 Å². The molecule has 1 aliphatic carbocycles. The lowest BCUT2D eigenvalue weighted by Crippen LogP contribution is -2.36. The Hall–Kier alpha value is -1.06. The number of carbonyl (C=O) groups excluding carboxylic acids is 1. The van der Waals surface area contributed by atoms with Gasteiger partial charge in [0.2, 0.25) is 5.91 Å². The van der Waals surface area contributed by atoms with E-state index in [4.69, 9.17) is 5.11 Å². The number of rotatable bonds is 1. The molecule has 2 fully saturated rings. The number of carboxylic acid groups (broad SMARTS) is 1. The highest BCUT2D eigenvalue weighted by Gasteiger charge is 2.56. The number of piperidine rings is 1. The molecule has 0 spiro atoms. The summed E-state index contributed by atoms with van der Waals surface area (Å²) < 4.78 is 0. The fourth-order valence-electron chi connectivity index (χ4n) is 1.50. The molecule has 2 N–H and O–H groups in total. The molecule has 0 radical (unpaired) electrons. The van der Waals surface area contributed by atoms with Crippen molar-refractivity contribution in [3.8, 4) is 0 Å². The highest BCUT2D eigenvalue weighted by Crippen LogP contribution is 2.45. The van der Waals surface area contributed by atoms with Gasteiger partial charge in [0, 0.05) is 11.8 Å². The van der Waals surface area contributed by atoms with Gasteiger partial charge in [0.15, 0.2) is 0 Å². The maximum absolute atomic E-state index is 10.8. The molecule has 3 atom stereocenters. The van der Waals surface area contributed by atoms with Crippen LogP contribution in [0, 0.1) is 11.8 Å². The summed E-state index contributed by atoms with van der Waals surface area (Å²) in [5.74, 6) is -0.887. The molecule has 2 rings (SSSR count). The first-order valence-electron chi connectivity index (χ1n) is 3.23. The van der Waals surface area contributed by atoms with Gasteiger partial charge in [-0.1, -0.05) is 0 Å². The normalized spacial score (nSPS) is 42.4. The second-order valence-electron chi connectivity index (χ2n) is 2.83. The standard InChI is InChI=1S/C6H7NO3/c8-5-3-1-2(3)4(7-5)6(9)10/h2-4H,1H2,(H,7,8)(H,9,10)/t2-,3+,4-/m1/s1. The molecular weight excluding hydrogens is 134 g/mol. The molecule has 4 heteroatoms. The third kappa shape index (κ3) is 0.558. The van der Waals surface area contributed by atoms with Crippen LogP contribution in [0.3, 0.4) is 0 Å². The monoisotopic (exact) mass is 141 g/mol. The van der Waals surface area contributed by atoms with E-state index in [2.05, 4.69) is 5.32 Å². The Morgan fingerprint density at radius 2 is 2.40 bits per heavy atom. The van der Waals surface area contributed by atoms with Crippen LogP contribution in [0.1, 0.15) is 6.42 Å². The largest absolute Gasteiger partial charge is 0.480 e. The zero-order chi connectivity index (χ0) is 7.30. The first kappa shape index (κ1) is 5.70. The molecule has 1 amide bonds. The third-order valence-electron chi connectivity index (χ3n) is 2.17. The molecule has 2 aliphatic rings. The number of carboxylic acids is 1. The minimum absolute atomic E-state index is 0.0149. The molecule has 0 aromatic carbocycles. The van der Waals surface area contributed by atoms with Crippen molar-refractivity contribution in [3.05, 3.63) is 0 Å². The summed E-state index contributed by atoms with van der Waals surface area (Å²) in [6, 6.07) is -0.600. The number of aliphatic carboxylic acids is 1. The average Bonchev–Trinajstić information content (AvgIpc) is 2.55. The van der Waals surface area contributed by atoms with Crippen molar-refractivity contribution in [2.45, 2.75) is 12.5 Å². The van der Waals surface area contributed by atoms with E-state index >= 15 is 0 Å². The first-order chi connectivity index (χ1) is 4.70. The van der Waals surface area contributed by atoms with Crippen molar-refractivity contribution in [1.29, 1.82) is 0 Å². The minimum atomic E-state index is -0.904. The number of carbonyl (C=O) groups is 2. The molecule has 0 aromatic rings. The van der Waals surface area contributed by atoms with Crippen LogP contribution in [0.2, 0.25) is 0 Å². The zero-order valence-corrected chi connectivity index (χ0v) is 5.20. The van der Waals surface area contributed by atoms with E-state index in [0.717, 1.165) is 6.42 Å². The molecule has 4 nitrogen and oxygen atoms in total. The maximum atomic E-state index is 10.8. The van der Waals surface area contributed by atoms with Crippen molar-refractivity contribution in [2.75, 3.05) is 0 Å². The molecule has 1 aliphatic heterocycles. The maximum Gasteiger partial charge on any atom is 0.326 e. The summed E-state index contributed by atoms with van der Waals surface area (Å²) in [7, 11) is 0. The van der Waals surface area contributed by atoms with Gasteiger partial charge in [0.25, 0.3) is 0 Å². The van der Waals surface area contributed by atoms with E-state index in [1.165, 1.54) is 0 Å². The van der Waals surface area contributed by atoms with Crippen LogP contribution in [0.4, 0.5) is 0 Å². The summed E-state index contributed by atoms with van der Waals surface area (Å²) in [5, 5.41) is 10.9. The Balaban J connectivity index is 2.15. The lowest BCUT2D eigenvalue weighted by molar-refractivity contribution is -0.140. The molecular formula is C6H7NO3. The molecule has 1 heterocycles. The quantitative estimate of drug-likeness (QED) is 0.502. The summed E-state index contributed by atoms with van der Waals surface area (Å²) in [6.45, 7) is 0. The van der Waals surface area contributed by atoms with Gasteiger partial charge < -0.3 is 10.4 Å². The van der Waals surface area contributed by atoms with E-state index in [-0.39, 0.29) is 17.7 Å². The summed E-state index contributed by atoms with van der Waals surface area (Å²) in [4.78, 5) is 21.1. The molecule has 0 bridgehead atoms. The predicted octanol–water partition coefficient (Wildman–Crippen LogP) is -0.795. The van der Waals surface area contributed by atoms with E-state index in [1.54, 1.807) is 0 Å². The second kappa shape index (κ2) is 1.51. The van der Waals surface area contributed by atoms with Gasteiger partial charge in [0.05, 0.1) is 0 Å². The average molecular weight is 141 g/mol.